The van der Waals surface area contributed by atoms with Crippen molar-refractivity contribution in [3.05, 3.63) is 107 Å². The Kier molecular flexibility index (Phi) is 9.54. The number of likely N-dealkylation sites (N-methyl/N-ethyl adjacent to an activating group) is 1. The van der Waals surface area contributed by atoms with Crippen LogP contribution in [0.25, 0.3) is 0 Å². The molecule has 0 saturated carbocycles. The van der Waals surface area contributed by atoms with Crippen LogP contribution in [0.2, 0.25) is 0 Å². The van der Waals surface area contributed by atoms with Crippen molar-refractivity contribution < 1.29 is 22.4 Å². The maximum absolute atomic E-state index is 13.6. The summed E-state index contributed by atoms with van der Waals surface area (Å²) in [5.74, 6) is -1.33. The molecule has 0 aliphatic heterocycles. The van der Waals surface area contributed by atoms with Crippen LogP contribution in [0.1, 0.15) is 22.3 Å². The van der Waals surface area contributed by atoms with E-state index in [-0.39, 0.29) is 25.4 Å². The first-order chi connectivity index (χ1) is 17.5. The Balaban J connectivity index is 1.93. The molecule has 196 valence electrons. The quantitative estimate of drug-likeness (QED) is 0.416. The minimum absolute atomic E-state index is 0.00612. The Bertz CT molecular complexity index is 1300. The number of benzene rings is 3. The number of sulfonamides is 1. The van der Waals surface area contributed by atoms with Gasteiger partial charge in [-0.2, -0.15) is 4.31 Å². The fourth-order valence-electron chi connectivity index (χ4n) is 3.75. The van der Waals surface area contributed by atoms with Crippen molar-refractivity contribution >= 4 is 21.8 Å². The van der Waals surface area contributed by atoms with Crippen molar-refractivity contribution in [2.45, 2.75) is 32.5 Å². The molecule has 0 bridgehead atoms. The van der Waals surface area contributed by atoms with E-state index in [1.165, 1.54) is 24.1 Å². The number of rotatable bonds is 11. The highest BCUT2D eigenvalue weighted by molar-refractivity contribution is 7.88. The average Bonchev–Trinajstić information content (AvgIpc) is 2.86. The summed E-state index contributed by atoms with van der Waals surface area (Å²) in [5, 5.41) is 2.93. The summed E-state index contributed by atoms with van der Waals surface area (Å²) in [7, 11) is -2.32. The van der Waals surface area contributed by atoms with Gasteiger partial charge < -0.3 is 10.2 Å². The smallest absolute Gasteiger partial charge is 0.243 e. The zero-order chi connectivity index (χ0) is 27.0. The largest absolute Gasteiger partial charge is 0.350 e. The third-order valence-corrected chi connectivity index (χ3v) is 7.31. The molecule has 0 aliphatic rings. The van der Waals surface area contributed by atoms with E-state index in [1.54, 1.807) is 12.1 Å². The highest BCUT2D eigenvalue weighted by atomic mass is 32.2. The summed E-state index contributed by atoms with van der Waals surface area (Å²) in [4.78, 5) is 28.4. The number of carbonyl (C=O) groups is 2. The Morgan fingerprint density at radius 2 is 1.49 bits per heavy atom. The molecule has 0 radical (unpaired) electrons. The zero-order valence-corrected chi connectivity index (χ0v) is 22.0. The van der Waals surface area contributed by atoms with Crippen LogP contribution < -0.4 is 5.32 Å². The van der Waals surface area contributed by atoms with Gasteiger partial charge in [0.15, 0.2) is 0 Å². The molecule has 0 aliphatic carbocycles. The molecule has 7 nitrogen and oxygen atoms in total. The van der Waals surface area contributed by atoms with E-state index < -0.39 is 34.3 Å². The lowest BCUT2D eigenvalue weighted by Crippen LogP contribution is -2.52. The monoisotopic (exact) mass is 525 g/mol. The van der Waals surface area contributed by atoms with Crippen LogP contribution in [0, 0.1) is 12.7 Å². The predicted molar refractivity (Wildman–Crippen MR) is 141 cm³/mol. The number of nitrogens with zero attached hydrogens (tertiary/aromatic N) is 2. The van der Waals surface area contributed by atoms with E-state index in [0.717, 1.165) is 27.3 Å². The normalized spacial score (nSPS) is 12.2. The Morgan fingerprint density at radius 3 is 2.08 bits per heavy atom. The van der Waals surface area contributed by atoms with Gasteiger partial charge in [-0.3, -0.25) is 9.59 Å². The third kappa shape index (κ3) is 8.51. The number of aryl methyl sites for hydroxylation is 1. The first-order valence-electron chi connectivity index (χ1n) is 11.9. The molecule has 9 heteroatoms. The molecule has 0 aromatic heterocycles. The van der Waals surface area contributed by atoms with Crippen LogP contribution in [-0.2, 0) is 39.1 Å². The van der Waals surface area contributed by atoms with E-state index in [9.17, 15) is 22.4 Å². The second-order valence-electron chi connectivity index (χ2n) is 9.08. The summed E-state index contributed by atoms with van der Waals surface area (Å²) in [6, 6.07) is 21.7. The zero-order valence-electron chi connectivity index (χ0n) is 21.2. The summed E-state index contributed by atoms with van der Waals surface area (Å²) in [6.45, 7) is 1.82. The van der Waals surface area contributed by atoms with Crippen molar-refractivity contribution in [2.24, 2.45) is 0 Å². The Hall–Kier alpha value is -3.56. The number of amides is 2. The van der Waals surface area contributed by atoms with Gasteiger partial charge in [0.1, 0.15) is 11.9 Å². The lowest BCUT2D eigenvalue weighted by atomic mass is 10.0. The van der Waals surface area contributed by atoms with Crippen LogP contribution >= 0.6 is 0 Å². The summed E-state index contributed by atoms with van der Waals surface area (Å²) >= 11 is 0. The highest BCUT2D eigenvalue weighted by Gasteiger charge is 2.31. The predicted octanol–water partition coefficient (Wildman–Crippen LogP) is 3.28. The van der Waals surface area contributed by atoms with Crippen molar-refractivity contribution in [3.63, 3.8) is 0 Å². The van der Waals surface area contributed by atoms with E-state index >= 15 is 0 Å². The lowest BCUT2D eigenvalue weighted by molar-refractivity contribution is -0.141. The van der Waals surface area contributed by atoms with Gasteiger partial charge in [-0.1, -0.05) is 72.3 Å². The molecule has 0 saturated heterocycles. The maximum Gasteiger partial charge on any atom is 0.243 e. The summed E-state index contributed by atoms with van der Waals surface area (Å²) in [6.07, 6.45) is 1.23. The minimum atomic E-state index is -3.63. The minimum Gasteiger partial charge on any atom is -0.350 e. The molecule has 3 aromatic rings. The van der Waals surface area contributed by atoms with Crippen molar-refractivity contribution in [3.8, 4) is 0 Å². The van der Waals surface area contributed by atoms with Gasteiger partial charge in [0, 0.05) is 26.6 Å². The molecule has 0 heterocycles. The molecule has 0 spiro atoms. The molecule has 1 atom stereocenters. The number of hydrogen-bond acceptors (Lipinski definition) is 4. The molecular formula is C28H32FN3O4S. The Labute approximate surface area is 218 Å². The molecular weight excluding hydrogens is 493 g/mol. The maximum atomic E-state index is 13.6. The number of halogens is 1. The van der Waals surface area contributed by atoms with E-state index in [2.05, 4.69) is 5.32 Å². The molecule has 37 heavy (non-hydrogen) atoms. The van der Waals surface area contributed by atoms with Crippen LogP contribution in [0.3, 0.4) is 0 Å². The Morgan fingerprint density at radius 1 is 0.892 bits per heavy atom. The van der Waals surface area contributed by atoms with Crippen molar-refractivity contribution in [1.29, 1.82) is 0 Å². The molecule has 3 aromatic carbocycles. The number of nitrogens with one attached hydrogen (secondary N) is 1. The van der Waals surface area contributed by atoms with Crippen molar-refractivity contribution in [1.82, 2.24) is 14.5 Å². The van der Waals surface area contributed by atoms with Crippen molar-refractivity contribution in [2.75, 3.05) is 19.8 Å². The first kappa shape index (κ1) is 28.0. The SMILES string of the molecule is Cc1ccc(CNC(=O)[C@@H](Cc2ccccc2)N(Cc2ccc(F)cc2)C(=O)CN(C)S(C)(=O)=O)cc1. The van der Waals surface area contributed by atoms with Gasteiger partial charge >= 0.3 is 0 Å². The lowest BCUT2D eigenvalue weighted by Gasteiger charge is -2.32. The van der Waals surface area contributed by atoms with Gasteiger partial charge in [-0.15, -0.1) is 0 Å². The number of hydrogen-bond donors (Lipinski definition) is 1. The highest BCUT2D eigenvalue weighted by Crippen LogP contribution is 2.16. The standard InChI is InChI=1S/C28H32FN3O4S/c1-21-9-11-23(12-10-21)18-30-28(34)26(17-22-7-5-4-6-8-22)32(19-24-13-15-25(29)16-14-24)27(33)20-31(2)37(3,35)36/h4-16,26H,17-20H2,1-3H3,(H,30,34)/t26-/m1/s1. The topological polar surface area (TPSA) is 86.8 Å². The fourth-order valence-corrected chi connectivity index (χ4v) is 4.10. The molecule has 1 N–H and O–H groups in total. The average molecular weight is 526 g/mol. The molecule has 0 fully saturated rings. The van der Waals surface area contributed by atoms with Gasteiger partial charge in [-0.25, -0.2) is 12.8 Å². The third-order valence-electron chi connectivity index (χ3n) is 6.05. The van der Waals surface area contributed by atoms with E-state index in [4.69, 9.17) is 0 Å². The van der Waals surface area contributed by atoms with Crippen LogP contribution in [0.4, 0.5) is 4.39 Å². The second kappa shape index (κ2) is 12.6. The molecule has 0 unspecified atom stereocenters. The van der Waals surface area contributed by atoms with E-state index in [0.29, 0.717) is 5.56 Å². The summed E-state index contributed by atoms with van der Waals surface area (Å²) < 4.78 is 38.5. The van der Waals surface area contributed by atoms with Gasteiger partial charge in [-0.05, 0) is 35.7 Å². The first-order valence-corrected chi connectivity index (χ1v) is 13.7. The van der Waals surface area contributed by atoms with Crippen LogP contribution in [0.5, 0.6) is 0 Å². The van der Waals surface area contributed by atoms with Gasteiger partial charge in [0.25, 0.3) is 0 Å². The van der Waals surface area contributed by atoms with Gasteiger partial charge in [0.2, 0.25) is 21.8 Å². The van der Waals surface area contributed by atoms with E-state index in [1.807, 2.05) is 61.5 Å². The number of carbonyl (C=O) groups excluding carboxylic acids is 2. The van der Waals surface area contributed by atoms with Crippen LogP contribution in [0.15, 0.2) is 78.9 Å². The second-order valence-corrected chi connectivity index (χ2v) is 11.2. The fraction of sp³-hybridized carbons (Fsp3) is 0.286. The molecule has 3 rings (SSSR count). The van der Waals surface area contributed by atoms with Gasteiger partial charge in [0.05, 0.1) is 12.8 Å². The summed E-state index contributed by atoms with van der Waals surface area (Å²) in [5.41, 5.74) is 3.46. The molecule has 2 amide bonds. The van der Waals surface area contributed by atoms with Crippen LogP contribution in [-0.4, -0.2) is 55.3 Å².